The SMILES string of the molecule is CNCCC1CCCCC1. The fourth-order valence-corrected chi connectivity index (χ4v) is 1.82. The molecule has 0 aromatic carbocycles. The van der Waals surface area contributed by atoms with Gasteiger partial charge in [0.05, 0.1) is 0 Å². The molecular formula is C9H19N. The molecule has 0 aliphatic heterocycles. The molecule has 0 aromatic heterocycles. The van der Waals surface area contributed by atoms with Crippen LogP contribution >= 0.6 is 0 Å². The molecule has 0 amide bonds. The summed E-state index contributed by atoms with van der Waals surface area (Å²) in [5.41, 5.74) is 0. The van der Waals surface area contributed by atoms with Gasteiger partial charge in [0.1, 0.15) is 0 Å². The van der Waals surface area contributed by atoms with Crippen molar-refractivity contribution in [2.24, 2.45) is 5.92 Å². The summed E-state index contributed by atoms with van der Waals surface area (Å²) in [5.74, 6) is 1.04. The maximum atomic E-state index is 3.21. The van der Waals surface area contributed by atoms with E-state index in [1.807, 2.05) is 7.05 Å². The number of nitrogens with one attached hydrogen (secondary N) is 1. The second kappa shape index (κ2) is 4.73. The van der Waals surface area contributed by atoms with E-state index in [1.165, 1.54) is 45.1 Å². The third kappa shape index (κ3) is 2.70. The van der Waals surface area contributed by atoms with Gasteiger partial charge in [-0.25, -0.2) is 0 Å². The highest BCUT2D eigenvalue weighted by Gasteiger charge is 2.11. The molecular weight excluding hydrogens is 122 g/mol. The lowest BCUT2D eigenvalue weighted by Gasteiger charge is -2.20. The summed E-state index contributed by atoms with van der Waals surface area (Å²) in [5, 5.41) is 3.21. The van der Waals surface area contributed by atoms with E-state index in [2.05, 4.69) is 5.32 Å². The van der Waals surface area contributed by atoms with Crippen molar-refractivity contribution in [3.63, 3.8) is 0 Å². The van der Waals surface area contributed by atoms with Crippen LogP contribution in [0.2, 0.25) is 0 Å². The van der Waals surface area contributed by atoms with E-state index in [0.717, 1.165) is 5.92 Å². The molecule has 1 fully saturated rings. The first-order chi connectivity index (χ1) is 4.93. The van der Waals surface area contributed by atoms with Crippen LogP contribution in [0.3, 0.4) is 0 Å². The molecule has 1 heteroatoms. The molecule has 0 radical (unpaired) electrons. The lowest BCUT2D eigenvalue weighted by Crippen LogP contribution is -2.15. The molecule has 10 heavy (non-hydrogen) atoms. The minimum Gasteiger partial charge on any atom is -0.320 e. The quantitative estimate of drug-likeness (QED) is 0.635. The topological polar surface area (TPSA) is 12.0 Å². The third-order valence-electron chi connectivity index (χ3n) is 2.53. The Kier molecular flexibility index (Phi) is 3.81. The van der Waals surface area contributed by atoms with E-state index in [9.17, 15) is 0 Å². The summed E-state index contributed by atoms with van der Waals surface area (Å²) >= 11 is 0. The van der Waals surface area contributed by atoms with Gasteiger partial charge in [0.25, 0.3) is 0 Å². The first-order valence-corrected chi connectivity index (χ1v) is 4.58. The van der Waals surface area contributed by atoms with Gasteiger partial charge in [-0.2, -0.15) is 0 Å². The Balaban J connectivity index is 2.02. The highest BCUT2D eigenvalue weighted by molar-refractivity contribution is 4.65. The van der Waals surface area contributed by atoms with Gasteiger partial charge in [-0.3, -0.25) is 0 Å². The fraction of sp³-hybridized carbons (Fsp3) is 1.00. The highest BCUT2D eigenvalue weighted by Crippen LogP contribution is 2.25. The van der Waals surface area contributed by atoms with Crippen molar-refractivity contribution in [3.8, 4) is 0 Å². The van der Waals surface area contributed by atoms with Crippen LogP contribution < -0.4 is 5.32 Å². The number of hydrogen-bond acceptors (Lipinski definition) is 1. The van der Waals surface area contributed by atoms with Crippen molar-refractivity contribution >= 4 is 0 Å². The largest absolute Gasteiger partial charge is 0.320 e. The number of hydrogen-bond donors (Lipinski definition) is 1. The summed E-state index contributed by atoms with van der Waals surface area (Å²) in [7, 11) is 2.04. The first kappa shape index (κ1) is 8.06. The molecule has 1 nitrogen and oxygen atoms in total. The molecule has 0 unspecified atom stereocenters. The van der Waals surface area contributed by atoms with Crippen LogP contribution in [-0.4, -0.2) is 13.6 Å². The maximum Gasteiger partial charge on any atom is -0.00493 e. The zero-order valence-corrected chi connectivity index (χ0v) is 7.03. The van der Waals surface area contributed by atoms with Gasteiger partial charge in [0, 0.05) is 0 Å². The van der Waals surface area contributed by atoms with Gasteiger partial charge < -0.3 is 5.32 Å². The molecule has 0 atom stereocenters. The van der Waals surface area contributed by atoms with Gasteiger partial charge in [-0.1, -0.05) is 32.1 Å². The molecule has 0 aromatic rings. The zero-order chi connectivity index (χ0) is 7.23. The van der Waals surface area contributed by atoms with Crippen LogP contribution in [0.5, 0.6) is 0 Å². The predicted octanol–water partition coefficient (Wildman–Crippen LogP) is 2.18. The van der Waals surface area contributed by atoms with Gasteiger partial charge in [0.15, 0.2) is 0 Å². The lowest BCUT2D eigenvalue weighted by molar-refractivity contribution is 0.337. The van der Waals surface area contributed by atoms with Crippen molar-refractivity contribution in [1.29, 1.82) is 0 Å². The van der Waals surface area contributed by atoms with E-state index in [-0.39, 0.29) is 0 Å². The van der Waals surface area contributed by atoms with Crippen molar-refractivity contribution in [1.82, 2.24) is 5.32 Å². The van der Waals surface area contributed by atoms with Crippen molar-refractivity contribution in [3.05, 3.63) is 0 Å². The Hall–Kier alpha value is -0.0400. The summed E-state index contributed by atoms with van der Waals surface area (Å²) < 4.78 is 0. The molecule has 60 valence electrons. The van der Waals surface area contributed by atoms with E-state index in [1.54, 1.807) is 0 Å². The molecule has 0 spiro atoms. The normalized spacial score (nSPS) is 21.3. The molecule has 0 saturated heterocycles. The zero-order valence-electron chi connectivity index (χ0n) is 7.03. The van der Waals surface area contributed by atoms with E-state index in [4.69, 9.17) is 0 Å². The van der Waals surface area contributed by atoms with Crippen LogP contribution in [-0.2, 0) is 0 Å². The second-order valence-electron chi connectivity index (χ2n) is 3.40. The summed E-state index contributed by atoms with van der Waals surface area (Å²) in [6.45, 7) is 1.21. The van der Waals surface area contributed by atoms with Gasteiger partial charge in [-0.15, -0.1) is 0 Å². The smallest absolute Gasteiger partial charge is 0.00493 e. The molecule has 1 saturated carbocycles. The van der Waals surface area contributed by atoms with Crippen LogP contribution in [0.15, 0.2) is 0 Å². The Labute approximate surface area is 64.2 Å². The minimum absolute atomic E-state index is 1.04. The van der Waals surface area contributed by atoms with E-state index in [0.29, 0.717) is 0 Å². The van der Waals surface area contributed by atoms with Crippen LogP contribution in [0.1, 0.15) is 38.5 Å². The summed E-state index contributed by atoms with van der Waals surface area (Å²) in [4.78, 5) is 0. The Bertz CT molecular complexity index is 74.8. The van der Waals surface area contributed by atoms with Gasteiger partial charge in [0.2, 0.25) is 0 Å². The predicted molar refractivity (Wildman–Crippen MR) is 45.1 cm³/mol. The van der Waals surface area contributed by atoms with Crippen LogP contribution in [0, 0.1) is 5.92 Å². The Morgan fingerprint density at radius 2 is 1.90 bits per heavy atom. The minimum atomic E-state index is 1.04. The van der Waals surface area contributed by atoms with Crippen LogP contribution in [0.25, 0.3) is 0 Å². The van der Waals surface area contributed by atoms with Crippen molar-refractivity contribution in [2.45, 2.75) is 38.5 Å². The monoisotopic (exact) mass is 141 g/mol. The molecule has 1 rings (SSSR count). The molecule has 0 heterocycles. The van der Waals surface area contributed by atoms with Gasteiger partial charge >= 0.3 is 0 Å². The van der Waals surface area contributed by atoms with Crippen molar-refractivity contribution < 1.29 is 0 Å². The average Bonchev–Trinajstić information content (AvgIpc) is 2.03. The molecule has 1 aliphatic rings. The summed E-state index contributed by atoms with van der Waals surface area (Å²) in [6, 6.07) is 0. The van der Waals surface area contributed by atoms with Gasteiger partial charge in [-0.05, 0) is 25.9 Å². The Morgan fingerprint density at radius 3 is 2.50 bits per heavy atom. The van der Waals surface area contributed by atoms with Crippen molar-refractivity contribution in [2.75, 3.05) is 13.6 Å². The molecule has 0 bridgehead atoms. The second-order valence-corrected chi connectivity index (χ2v) is 3.40. The average molecular weight is 141 g/mol. The summed E-state index contributed by atoms with van der Waals surface area (Å²) in [6.07, 6.45) is 8.82. The maximum absolute atomic E-state index is 3.21. The highest BCUT2D eigenvalue weighted by atomic mass is 14.8. The first-order valence-electron chi connectivity index (χ1n) is 4.58. The van der Waals surface area contributed by atoms with E-state index < -0.39 is 0 Å². The molecule has 1 aliphatic carbocycles. The van der Waals surface area contributed by atoms with E-state index >= 15 is 0 Å². The van der Waals surface area contributed by atoms with Crippen LogP contribution in [0.4, 0.5) is 0 Å². The lowest BCUT2D eigenvalue weighted by atomic mass is 9.87. The number of rotatable bonds is 3. The standard InChI is InChI=1S/C9H19N/c1-10-8-7-9-5-3-2-4-6-9/h9-10H,2-8H2,1H3. The Morgan fingerprint density at radius 1 is 1.20 bits per heavy atom. The third-order valence-corrected chi connectivity index (χ3v) is 2.53. The molecule has 1 N–H and O–H groups in total. The fourth-order valence-electron chi connectivity index (χ4n) is 1.82.